The predicted octanol–water partition coefficient (Wildman–Crippen LogP) is 3.23. The van der Waals surface area contributed by atoms with Crippen molar-refractivity contribution in [3.05, 3.63) is 0 Å². The first-order valence-electron chi connectivity index (χ1n) is 7.07. The maximum absolute atomic E-state index is 2.47. The van der Waals surface area contributed by atoms with E-state index >= 15 is 0 Å². The Morgan fingerprint density at radius 2 is 0.875 bits per heavy atom. The Labute approximate surface area is 103 Å². The van der Waals surface area contributed by atoms with Crippen LogP contribution in [-0.2, 0) is 0 Å². The van der Waals surface area contributed by atoms with E-state index in [1.54, 1.807) is 0 Å². The molecule has 0 N–H and O–H groups in total. The number of unbranched alkanes of at least 4 members (excludes halogenated alkanes) is 3. The zero-order valence-electron chi connectivity index (χ0n) is 12.0. The minimum atomic E-state index is 1.27. The molecule has 0 saturated carbocycles. The minimum absolute atomic E-state index is 1.27. The third-order valence-electron chi connectivity index (χ3n) is 3.12. The fraction of sp³-hybridized carbons (Fsp3) is 1.00. The maximum Gasteiger partial charge on any atom is -0.00213 e. The van der Waals surface area contributed by atoms with Gasteiger partial charge < -0.3 is 9.80 Å². The van der Waals surface area contributed by atoms with Crippen LogP contribution in [-0.4, -0.2) is 50.1 Å². The summed E-state index contributed by atoms with van der Waals surface area (Å²) in [6, 6.07) is 0. The van der Waals surface area contributed by atoms with Crippen LogP contribution in [0.4, 0.5) is 0 Å². The molecule has 0 aromatic heterocycles. The van der Waals surface area contributed by atoms with Gasteiger partial charge in [0.1, 0.15) is 0 Å². The predicted molar refractivity (Wildman–Crippen MR) is 74.0 cm³/mol. The highest BCUT2D eigenvalue weighted by Gasteiger charge is 1.99. The summed E-state index contributed by atoms with van der Waals surface area (Å²) >= 11 is 0. The van der Waals surface area contributed by atoms with Crippen molar-refractivity contribution in [2.75, 3.05) is 40.3 Å². The first-order chi connectivity index (χ1) is 7.70. The van der Waals surface area contributed by atoms with Gasteiger partial charge in [0.2, 0.25) is 0 Å². The molecular formula is C14H32N2. The second kappa shape index (κ2) is 11.4. The van der Waals surface area contributed by atoms with Crippen LogP contribution in [0, 0.1) is 0 Å². The van der Waals surface area contributed by atoms with Gasteiger partial charge in [-0.25, -0.2) is 0 Å². The molecule has 0 aliphatic carbocycles. The molecular weight excluding hydrogens is 196 g/mol. The summed E-state index contributed by atoms with van der Waals surface area (Å²) in [5, 5.41) is 0. The summed E-state index contributed by atoms with van der Waals surface area (Å²) in [6.07, 6.45) is 7.99. The van der Waals surface area contributed by atoms with Gasteiger partial charge in [-0.15, -0.1) is 0 Å². The molecule has 0 saturated heterocycles. The summed E-state index contributed by atoms with van der Waals surface area (Å²) in [5.41, 5.74) is 0. The lowest BCUT2D eigenvalue weighted by molar-refractivity contribution is 0.288. The average molecular weight is 228 g/mol. The normalized spacial score (nSPS) is 11.6. The molecule has 0 aromatic carbocycles. The Hall–Kier alpha value is -0.0800. The standard InChI is InChI=1S/C14H32N2/c1-5-7-11-15(3)13-9-10-14-16(4)12-8-6-2/h5-14H2,1-4H3. The van der Waals surface area contributed by atoms with E-state index in [9.17, 15) is 0 Å². The van der Waals surface area contributed by atoms with Gasteiger partial charge >= 0.3 is 0 Å². The highest BCUT2D eigenvalue weighted by Crippen LogP contribution is 1.99. The second-order valence-electron chi connectivity index (χ2n) is 5.02. The van der Waals surface area contributed by atoms with Gasteiger partial charge in [0.05, 0.1) is 0 Å². The van der Waals surface area contributed by atoms with E-state index in [0.717, 1.165) is 0 Å². The zero-order valence-corrected chi connectivity index (χ0v) is 12.0. The molecule has 0 amide bonds. The lowest BCUT2D eigenvalue weighted by Crippen LogP contribution is -2.24. The van der Waals surface area contributed by atoms with Crippen LogP contribution in [0.2, 0.25) is 0 Å². The highest BCUT2D eigenvalue weighted by atomic mass is 15.1. The zero-order chi connectivity index (χ0) is 12.2. The van der Waals surface area contributed by atoms with Gasteiger partial charge in [-0.1, -0.05) is 26.7 Å². The third-order valence-corrected chi connectivity index (χ3v) is 3.12. The van der Waals surface area contributed by atoms with Crippen LogP contribution in [0.15, 0.2) is 0 Å². The van der Waals surface area contributed by atoms with Crippen molar-refractivity contribution in [3.63, 3.8) is 0 Å². The molecule has 0 atom stereocenters. The Morgan fingerprint density at radius 3 is 1.19 bits per heavy atom. The Balaban J connectivity index is 3.24. The first kappa shape index (κ1) is 15.9. The highest BCUT2D eigenvalue weighted by molar-refractivity contribution is 4.55. The molecule has 0 bridgehead atoms. The molecule has 0 fully saturated rings. The van der Waals surface area contributed by atoms with Crippen LogP contribution >= 0.6 is 0 Å². The Morgan fingerprint density at radius 1 is 0.562 bits per heavy atom. The number of rotatable bonds is 11. The average Bonchev–Trinajstić information content (AvgIpc) is 2.29. The number of hydrogen-bond acceptors (Lipinski definition) is 2. The Bertz CT molecular complexity index is 121. The fourth-order valence-corrected chi connectivity index (χ4v) is 1.84. The van der Waals surface area contributed by atoms with Crippen molar-refractivity contribution >= 4 is 0 Å². The third kappa shape index (κ3) is 10.4. The van der Waals surface area contributed by atoms with Crippen LogP contribution in [0.3, 0.4) is 0 Å². The topological polar surface area (TPSA) is 6.48 Å². The molecule has 2 heteroatoms. The monoisotopic (exact) mass is 228 g/mol. The van der Waals surface area contributed by atoms with Crippen molar-refractivity contribution in [3.8, 4) is 0 Å². The van der Waals surface area contributed by atoms with Crippen molar-refractivity contribution in [1.82, 2.24) is 9.80 Å². The minimum Gasteiger partial charge on any atom is -0.306 e. The second-order valence-corrected chi connectivity index (χ2v) is 5.02. The van der Waals surface area contributed by atoms with E-state index < -0.39 is 0 Å². The molecule has 2 nitrogen and oxygen atoms in total. The van der Waals surface area contributed by atoms with Gasteiger partial charge in [0.25, 0.3) is 0 Å². The van der Waals surface area contributed by atoms with Crippen LogP contribution in [0.25, 0.3) is 0 Å². The van der Waals surface area contributed by atoms with Crippen LogP contribution in [0.1, 0.15) is 52.4 Å². The SMILES string of the molecule is CCCCN(C)CCCCN(C)CCCC. The smallest absolute Gasteiger partial charge is 0.00213 e. The van der Waals surface area contributed by atoms with Gasteiger partial charge in [-0.3, -0.25) is 0 Å². The summed E-state index contributed by atoms with van der Waals surface area (Å²) in [7, 11) is 4.49. The number of nitrogens with zero attached hydrogens (tertiary/aromatic N) is 2. The molecule has 0 heterocycles. The summed E-state index contributed by atoms with van der Waals surface area (Å²) in [4.78, 5) is 4.94. The molecule has 98 valence electrons. The fourth-order valence-electron chi connectivity index (χ4n) is 1.84. The molecule has 0 aromatic rings. The van der Waals surface area contributed by atoms with Gasteiger partial charge in [-0.2, -0.15) is 0 Å². The molecule has 0 spiro atoms. The molecule has 0 aliphatic heterocycles. The largest absolute Gasteiger partial charge is 0.306 e. The summed E-state index contributed by atoms with van der Waals surface area (Å²) in [6.45, 7) is 9.58. The van der Waals surface area contributed by atoms with Gasteiger partial charge in [0.15, 0.2) is 0 Å². The van der Waals surface area contributed by atoms with E-state index in [0.29, 0.717) is 0 Å². The molecule has 0 radical (unpaired) electrons. The van der Waals surface area contributed by atoms with Crippen molar-refractivity contribution in [2.24, 2.45) is 0 Å². The van der Waals surface area contributed by atoms with E-state index in [1.165, 1.54) is 64.7 Å². The van der Waals surface area contributed by atoms with Gasteiger partial charge in [-0.05, 0) is 66.0 Å². The van der Waals surface area contributed by atoms with Crippen LogP contribution < -0.4 is 0 Å². The first-order valence-corrected chi connectivity index (χ1v) is 7.07. The summed E-state index contributed by atoms with van der Waals surface area (Å²) < 4.78 is 0. The Kier molecular flexibility index (Phi) is 11.3. The van der Waals surface area contributed by atoms with Crippen LogP contribution in [0.5, 0.6) is 0 Å². The summed E-state index contributed by atoms with van der Waals surface area (Å²) in [5.74, 6) is 0. The maximum atomic E-state index is 2.47. The quantitative estimate of drug-likeness (QED) is 0.501. The van der Waals surface area contributed by atoms with Crippen molar-refractivity contribution in [1.29, 1.82) is 0 Å². The lowest BCUT2D eigenvalue weighted by atomic mass is 10.2. The number of hydrogen-bond donors (Lipinski definition) is 0. The molecule has 0 rings (SSSR count). The van der Waals surface area contributed by atoms with E-state index in [1.807, 2.05) is 0 Å². The molecule has 0 aliphatic rings. The van der Waals surface area contributed by atoms with E-state index in [-0.39, 0.29) is 0 Å². The van der Waals surface area contributed by atoms with E-state index in [2.05, 4.69) is 37.7 Å². The van der Waals surface area contributed by atoms with E-state index in [4.69, 9.17) is 0 Å². The molecule has 0 unspecified atom stereocenters. The van der Waals surface area contributed by atoms with Crippen molar-refractivity contribution < 1.29 is 0 Å². The lowest BCUT2D eigenvalue weighted by Gasteiger charge is -2.18. The van der Waals surface area contributed by atoms with Crippen molar-refractivity contribution in [2.45, 2.75) is 52.4 Å². The molecule has 16 heavy (non-hydrogen) atoms. The van der Waals surface area contributed by atoms with Gasteiger partial charge in [0, 0.05) is 0 Å².